The topological polar surface area (TPSA) is 35.5 Å². The van der Waals surface area contributed by atoms with Gasteiger partial charge >= 0.3 is 0 Å². The van der Waals surface area contributed by atoms with Crippen molar-refractivity contribution in [3.8, 4) is 11.5 Å². The molecule has 0 atom stereocenters. The van der Waals surface area contributed by atoms with Gasteiger partial charge in [-0.1, -0.05) is 57.2 Å². The number of ketones is 1. The first-order chi connectivity index (χ1) is 13.7. The second-order valence-electron chi connectivity index (χ2n) is 6.66. The Morgan fingerprint density at radius 3 is 2.14 bits per heavy atom. The van der Waals surface area contributed by atoms with Crippen LogP contribution in [0.5, 0.6) is 11.5 Å². The highest BCUT2D eigenvalue weighted by molar-refractivity contribution is 9.09. The van der Waals surface area contributed by atoms with Crippen molar-refractivity contribution in [1.29, 1.82) is 0 Å². The standard InChI is InChI=1S/C24H29BrO3/c1-2-3-4-5-6-7-18-27-22-15-11-21(12-16-22)24(26)17-10-20-8-13-23(14-9-20)28-19-25/h8-17H,2-7,18-19H2,1H3/b17-10+. The predicted molar refractivity (Wildman–Crippen MR) is 120 cm³/mol. The molecule has 2 aromatic carbocycles. The van der Waals surface area contributed by atoms with Crippen LogP contribution in [0.4, 0.5) is 0 Å². The fourth-order valence-electron chi connectivity index (χ4n) is 2.79. The number of hydrogen-bond acceptors (Lipinski definition) is 3. The molecule has 0 radical (unpaired) electrons. The average Bonchev–Trinajstić information content (AvgIpc) is 2.73. The van der Waals surface area contributed by atoms with E-state index >= 15 is 0 Å². The summed E-state index contributed by atoms with van der Waals surface area (Å²) >= 11 is 3.22. The average molecular weight is 445 g/mol. The van der Waals surface area contributed by atoms with E-state index in [1.807, 2.05) is 54.6 Å². The molecule has 0 saturated carbocycles. The van der Waals surface area contributed by atoms with Crippen molar-refractivity contribution < 1.29 is 14.3 Å². The number of carbonyl (C=O) groups is 1. The van der Waals surface area contributed by atoms with Crippen molar-refractivity contribution in [1.82, 2.24) is 0 Å². The van der Waals surface area contributed by atoms with Crippen LogP contribution in [0, 0.1) is 0 Å². The number of unbranched alkanes of at least 4 members (excludes halogenated alkanes) is 5. The van der Waals surface area contributed by atoms with Crippen LogP contribution in [0.2, 0.25) is 0 Å². The molecule has 2 aromatic rings. The van der Waals surface area contributed by atoms with Crippen LogP contribution < -0.4 is 9.47 Å². The zero-order valence-electron chi connectivity index (χ0n) is 16.5. The van der Waals surface area contributed by atoms with Crippen molar-refractivity contribution in [2.75, 3.05) is 12.1 Å². The van der Waals surface area contributed by atoms with Crippen molar-refractivity contribution in [3.05, 3.63) is 65.7 Å². The van der Waals surface area contributed by atoms with E-state index in [1.165, 1.54) is 32.1 Å². The molecular weight excluding hydrogens is 416 g/mol. The Morgan fingerprint density at radius 2 is 1.46 bits per heavy atom. The van der Waals surface area contributed by atoms with Gasteiger partial charge in [-0.05, 0) is 70.4 Å². The van der Waals surface area contributed by atoms with Crippen molar-refractivity contribution >= 4 is 27.8 Å². The molecule has 3 nitrogen and oxygen atoms in total. The number of ether oxygens (including phenoxy) is 2. The van der Waals surface area contributed by atoms with E-state index in [0.717, 1.165) is 30.1 Å². The SMILES string of the molecule is CCCCCCCCOc1ccc(C(=O)/C=C/c2ccc(OCBr)cc2)cc1. The summed E-state index contributed by atoms with van der Waals surface area (Å²) in [6.07, 6.45) is 10.9. The highest BCUT2D eigenvalue weighted by atomic mass is 79.9. The molecule has 0 aliphatic carbocycles. The number of rotatable bonds is 13. The number of halogens is 1. The van der Waals surface area contributed by atoms with Gasteiger partial charge in [0.15, 0.2) is 5.78 Å². The van der Waals surface area contributed by atoms with Gasteiger partial charge in [-0.25, -0.2) is 0 Å². The second-order valence-corrected chi connectivity index (χ2v) is 7.12. The molecule has 0 aliphatic rings. The van der Waals surface area contributed by atoms with Crippen LogP contribution in [0.3, 0.4) is 0 Å². The van der Waals surface area contributed by atoms with Gasteiger partial charge in [-0.3, -0.25) is 4.79 Å². The molecule has 0 unspecified atom stereocenters. The van der Waals surface area contributed by atoms with E-state index in [0.29, 0.717) is 11.1 Å². The van der Waals surface area contributed by atoms with Gasteiger partial charge in [0.2, 0.25) is 0 Å². The Labute approximate surface area is 176 Å². The summed E-state index contributed by atoms with van der Waals surface area (Å²) in [6, 6.07) is 15.0. The fraction of sp³-hybridized carbons (Fsp3) is 0.375. The number of carbonyl (C=O) groups excluding carboxylic acids is 1. The summed E-state index contributed by atoms with van der Waals surface area (Å²) in [6.45, 7) is 2.96. The quantitative estimate of drug-likeness (QED) is 0.143. The number of allylic oxidation sites excluding steroid dienone is 1. The van der Waals surface area contributed by atoms with Gasteiger partial charge in [0.1, 0.15) is 17.0 Å². The van der Waals surface area contributed by atoms with Crippen LogP contribution in [-0.4, -0.2) is 17.9 Å². The molecule has 0 aliphatic heterocycles. The minimum atomic E-state index is -0.0248. The van der Waals surface area contributed by atoms with Crippen LogP contribution >= 0.6 is 15.9 Å². The van der Waals surface area contributed by atoms with Crippen LogP contribution in [0.25, 0.3) is 6.08 Å². The lowest BCUT2D eigenvalue weighted by Crippen LogP contribution is -1.99. The summed E-state index contributed by atoms with van der Waals surface area (Å²) in [5.41, 5.74) is 2.07. The fourth-order valence-corrected chi connectivity index (χ4v) is 3.06. The van der Waals surface area contributed by atoms with Crippen molar-refractivity contribution in [3.63, 3.8) is 0 Å². The van der Waals surface area contributed by atoms with E-state index in [1.54, 1.807) is 6.08 Å². The largest absolute Gasteiger partial charge is 0.494 e. The number of hydrogen-bond donors (Lipinski definition) is 0. The second kappa shape index (κ2) is 13.2. The zero-order chi connectivity index (χ0) is 20.0. The smallest absolute Gasteiger partial charge is 0.185 e. The third-order valence-electron chi connectivity index (χ3n) is 4.43. The summed E-state index contributed by atoms with van der Waals surface area (Å²) in [5, 5.41) is 0. The molecule has 28 heavy (non-hydrogen) atoms. The molecule has 0 aromatic heterocycles. The third-order valence-corrected chi connectivity index (χ3v) is 4.66. The van der Waals surface area contributed by atoms with E-state index in [-0.39, 0.29) is 5.78 Å². The molecule has 0 bridgehead atoms. The Hall–Kier alpha value is -2.07. The summed E-state index contributed by atoms with van der Waals surface area (Å²) in [7, 11) is 0. The van der Waals surface area contributed by atoms with Gasteiger partial charge in [0.05, 0.1) is 6.61 Å². The molecular formula is C24H29BrO3. The van der Waals surface area contributed by atoms with E-state index in [4.69, 9.17) is 9.47 Å². The van der Waals surface area contributed by atoms with Crippen LogP contribution in [-0.2, 0) is 0 Å². The molecule has 4 heteroatoms. The molecule has 0 spiro atoms. The molecule has 2 rings (SSSR count). The van der Waals surface area contributed by atoms with Gasteiger partial charge in [0, 0.05) is 5.56 Å². The van der Waals surface area contributed by atoms with Crippen LogP contribution in [0.1, 0.15) is 61.4 Å². The number of alkyl halides is 1. The lowest BCUT2D eigenvalue weighted by atomic mass is 10.1. The van der Waals surface area contributed by atoms with Gasteiger partial charge < -0.3 is 9.47 Å². The van der Waals surface area contributed by atoms with E-state index < -0.39 is 0 Å². The lowest BCUT2D eigenvalue weighted by Gasteiger charge is -2.06. The summed E-state index contributed by atoms with van der Waals surface area (Å²) in [5.74, 6) is 1.58. The monoisotopic (exact) mass is 444 g/mol. The first kappa shape index (κ1) is 22.2. The molecule has 0 heterocycles. The Bertz CT molecular complexity index is 721. The molecule has 0 fully saturated rings. The number of benzene rings is 2. The maximum atomic E-state index is 12.3. The highest BCUT2D eigenvalue weighted by Crippen LogP contribution is 2.16. The van der Waals surface area contributed by atoms with E-state index in [9.17, 15) is 4.79 Å². The zero-order valence-corrected chi connectivity index (χ0v) is 18.1. The first-order valence-corrected chi connectivity index (χ1v) is 11.1. The highest BCUT2D eigenvalue weighted by Gasteiger charge is 2.03. The summed E-state index contributed by atoms with van der Waals surface area (Å²) < 4.78 is 11.1. The van der Waals surface area contributed by atoms with Crippen molar-refractivity contribution in [2.45, 2.75) is 45.4 Å². The van der Waals surface area contributed by atoms with Gasteiger partial charge in [0.25, 0.3) is 0 Å². The minimum Gasteiger partial charge on any atom is -0.494 e. The Balaban J connectivity index is 1.76. The Kier molecular flexibility index (Phi) is 10.4. The van der Waals surface area contributed by atoms with Gasteiger partial charge in [-0.15, -0.1) is 0 Å². The third kappa shape index (κ3) is 8.30. The predicted octanol–water partition coefficient (Wildman–Crippen LogP) is 7.05. The Morgan fingerprint density at radius 1 is 0.857 bits per heavy atom. The maximum Gasteiger partial charge on any atom is 0.185 e. The normalized spacial score (nSPS) is 10.9. The van der Waals surface area contributed by atoms with Crippen molar-refractivity contribution in [2.24, 2.45) is 0 Å². The molecule has 150 valence electrons. The molecule has 0 amide bonds. The maximum absolute atomic E-state index is 12.3. The summed E-state index contributed by atoms with van der Waals surface area (Å²) in [4.78, 5) is 12.3. The van der Waals surface area contributed by atoms with Gasteiger partial charge in [-0.2, -0.15) is 0 Å². The van der Waals surface area contributed by atoms with E-state index in [2.05, 4.69) is 22.9 Å². The molecule has 0 saturated heterocycles. The molecule has 0 N–H and O–H groups in total. The van der Waals surface area contributed by atoms with Crippen LogP contribution in [0.15, 0.2) is 54.6 Å². The lowest BCUT2D eigenvalue weighted by molar-refractivity contribution is 0.104. The first-order valence-electron chi connectivity index (χ1n) is 9.97. The minimum absolute atomic E-state index is 0.0248.